The Kier molecular flexibility index (Phi) is 10.7. The monoisotopic (exact) mass is 481 g/mol. The molecule has 1 aromatic heterocycles. The zero-order chi connectivity index (χ0) is 21.2. The highest BCUT2D eigenvalue weighted by Crippen LogP contribution is 2.36. The summed E-state index contributed by atoms with van der Waals surface area (Å²) in [6, 6.07) is 13.7. The number of nitrogens with zero attached hydrogens (tertiary/aromatic N) is 4. The van der Waals surface area contributed by atoms with Crippen molar-refractivity contribution in [3.63, 3.8) is 0 Å². The summed E-state index contributed by atoms with van der Waals surface area (Å²) in [7, 11) is 1.60. The van der Waals surface area contributed by atoms with Gasteiger partial charge in [0.2, 0.25) is 5.16 Å². The lowest BCUT2D eigenvalue weighted by atomic mass is 10.2. The normalized spacial score (nSPS) is 10.4. The zero-order valence-electron chi connectivity index (χ0n) is 17.2. The van der Waals surface area contributed by atoms with Crippen LogP contribution in [0.5, 0.6) is 11.5 Å². The van der Waals surface area contributed by atoms with Gasteiger partial charge in [-0.3, -0.25) is 0 Å². The molecule has 0 saturated heterocycles. The molecule has 1 heterocycles. The molecule has 7 nitrogen and oxygen atoms in total. The van der Waals surface area contributed by atoms with Crippen LogP contribution in [0.2, 0.25) is 5.02 Å². The van der Waals surface area contributed by atoms with Crippen LogP contribution in [0.3, 0.4) is 0 Å². The molecule has 0 atom stereocenters. The maximum absolute atomic E-state index is 6.34. The fourth-order valence-electron chi connectivity index (χ4n) is 2.75. The number of hydrogen-bond acceptors (Lipinski definition) is 7. The molecule has 0 saturated carbocycles. The van der Waals surface area contributed by atoms with Gasteiger partial charge in [0.1, 0.15) is 6.61 Å². The van der Waals surface area contributed by atoms with Crippen LogP contribution in [0.15, 0.2) is 60.3 Å². The molecule has 166 valence electrons. The molecule has 0 unspecified atom stereocenters. The van der Waals surface area contributed by atoms with E-state index >= 15 is 0 Å². The fraction of sp³-hybridized carbons (Fsp3) is 0.286. The molecule has 3 aromatic rings. The van der Waals surface area contributed by atoms with E-state index in [2.05, 4.69) is 27.4 Å². The number of methoxy groups -OCH3 is 1. The minimum atomic E-state index is 0. The lowest BCUT2D eigenvalue weighted by Crippen LogP contribution is -2.15. The lowest BCUT2D eigenvalue weighted by Gasteiger charge is -2.13. The largest absolute Gasteiger partial charge is 0.493 e. The van der Waals surface area contributed by atoms with E-state index in [1.807, 2.05) is 42.5 Å². The maximum Gasteiger partial charge on any atom is 0.214 e. The van der Waals surface area contributed by atoms with Gasteiger partial charge in [0.05, 0.1) is 17.8 Å². The second-order valence-corrected chi connectivity index (χ2v) is 7.77. The molecule has 10 heteroatoms. The van der Waals surface area contributed by atoms with Gasteiger partial charge in [-0.2, -0.15) is 4.68 Å². The van der Waals surface area contributed by atoms with Crippen molar-refractivity contribution >= 4 is 35.8 Å². The maximum atomic E-state index is 6.34. The highest BCUT2D eigenvalue weighted by molar-refractivity contribution is 7.99. The summed E-state index contributed by atoms with van der Waals surface area (Å²) >= 11 is 7.98. The van der Waals surface area contributed by atoms with Crippen LogP contribution < -0.4 is 14.8 Å². The van der Waals surface area contributed by atoms with Crippen molar-refractivity contribution in [1.29, 1.82) is 0 Å². The van der Waals surface area contributed by atoms with E-state index in [-0.39, 0.29) is 12.4 Å². The van der Waals surface area contributed by atoms with Gasteiger partial charge in [-0.25, -0.2) is 0 Å². The molecule has 0 bridgehead atoms. The van der Waals surface area contributed by atoms with Crippen LogP contribution in [-0.4, -0.2) is 46.2 Å². The van der Waals surface area contributed by atoms with Crippen molar-refractivity contribution in [1.82, 2.24) is 25.5 Å². The second-order valence-electron chi connectivity index (χ2n) is 6.30. The molecule has 0 aliphatic rings. The smallest absolute Gasteiger partial charge is 0.214 e. The SMILES string of the molecule is C=CCOc1c(Cl)cc(CNCCCSc2nnnn2-c2ccccc2)cc1OC.Cl. The van der Waals surface area contributed by atoms with Crippen LogP contribution in [0, 0.1) is 0 Å². The highest BCUT2D eigenvalue weighted by Gasteiger charge is 2.12. The molecule has 1 N–H and O–H groups in total. The Morgan fingerprint density at radius 1 is 1.26 bits per heavy atom. The van der Waals surface area contributed by atoms with E-state index in [9.17, 15) is 0 Å². The van der Waals surface area contributed by atoms with E-state index < -0.39 is 0 Å². The molecule has 2 aromatic carbocycles. The fourth-order valence-corrected chi connectivity index (χ4v) is 3.87. The Hall–Kier alpha value is -2.26. The predicted octanol–water partition coefficient (Wildman–Crippen LogP) is 4.58. The number of benzene rings is 2. The summed E-state index contributed by atoms with van der Waals surface area (Å²) in [5.74, 6) is 2.05. The average molecular weight is 482 g/mol. The van der Waals surface area contributed by atoms with Crippen molar-refractivity contribution in [2.75, 3.05) is 26.0 Å². The summed E-state index contributed by atoms with van der Waals surface area (Å²) in [6.45, 7) is 5.56. The number of thioether (sulfide) groups is 1. The van der Waals surface area contributed by atoms with Crippen LogP contribution in [0.4, 0.5) is 0 Å². The molecule has 0 fully saturated rings. The van der Waals surface area contributed by atoms with Gasteiger partial charge in [0, 0.05) is 12.3 Å². The topological polar surface area (TPSA) is 74.1 Å². The van der Waals surface area contributed by atoms with Gasteiger partial charge < -0.3 is 14.8 Å². The number of nitrogens with one attached hydrogen (secondary N) is 1. The number of tetrazole rings is 1. The van der Waals surface area contributed by atoms with E-state index in [0.717, 1.165) is 35.1 Å². The van der Waals surface area contributed by atoms with Gasteiger partial charge in [0.15, 0.2) is 11.5 Å². The number of hydrogen-bond donors (Lipinski definition) is 1. The average Bonchev–Trinajstić information content (AvgIpc) is 3.24. The zero-order valence-corrected chi connectivity index (χ0v) is 19.6. The van der Waals surface area contributed by atoms with Crippen molar-refractivity contribution in [2.45, 2.75) is 18.1 Å². The number of aromatic nitrogens is 4. The van der Waals surface area contributed by atoms with Crippen molar-refractivity contribution in [2.24, 2.45) is 0 Å². The van der Waals surface area contributed by atoms with Crippen LogP contribution in [0.25, 0.3) is 5.69 Å². The lowest BCUT2D eigenvalue weighted by molar-refractivity contribution is 0.326. The van der Waals surface area contributed by atoms with E-state index in [1.165, 1.54) is 0 Å². The molecule has 0 amide bonds. The predicted molar refractivity (Wildman–Crippen MR) is 127 cm³/mol. The third-order valence-corrected chi connectivity index (χ3v) is 5.42. The third-order valence-electron chi connectivity index (χ3n) is 4.13. The first-order chi connectivity index (χ1) is 14.7. The molecule has 0 radical (unpaired) electrons. The Bertz CT molecular complexity index is 956. The Balaban J connectivity index is 0.00000341. The quantitative estimate of drug-likeness (QED) is 0.230. The first-order valence-corrected chi connectivity index (χ1v) is 10.9. The van der Waals surface area contributed by atoms with Crippen molar-refractivity contribution in [3.05, 3.63) is 65.7 Å². The second kappa shape index (κ2) is 13.2. The minimum Gasteiger partial charge on any atom is -0.493 e. The summed E-state index contributed by atoms with van der Waals surface area (Å²) in [5.41, 5.74) is 1.98. The molecular weight excluding hydrogens is 457 g/mol. The summed E-state index contributed by atoms with van der Waals surface area (Å²) in [6.07, 6.45) is 2.64. The van der Waals surface area contributed by atoms with Gasteiger partial charge in [-0.05, 0) is 53.2 Å². The third kappa shape index (κ3) is 7.14. The van der Waals surface area contributed by atoms with Crippen molar-refractivity contribution < 1.29 is 9.47 Å². The molecular formula is C21H25Cl2N5O2S. The number of halogens is 2. The molecule has 3 rings (SSSR count). The standard InChI is InChI=1S/C21H24ClN5O2S.ClH/c1-3-11-29-20-18(22)13-16(14-19(20)28-2)15-23-10-7-12-30-21-24-25-26-27(21)17-8-5-4-6-9-17;/h3-6,8-9,13-14,23H,1,7,10-12,15H2,2H3;1H. The Morgan fingerprint density at radius 3 is 2.81 bits per heavy atom. The van der Waals surface area contributed by atoms with Gasteiger partial charge in [-0.15, -0.1) is 17.5 Å². The van der Waals surface area contributed by atoms with Crippen molar-refractivity contribution in [3.8, 4) is 17.2 Å². The van der Waals surface area contributed by atoms with E-state index in [0.29, 0.717) is 29.7 Å². The van der Waals surface area contributed by atoms with E-state index in [1.54, 1.807) is 29.6 Å². The summed E-state index contributed by atoms with van der Waals surface area (Å²) < 4.78 is 12.7. The molecule has 0 aliphatic heterocycles. The van der Waals surface area contributed by atoms with E-state index in [4.69, 9.17) is 21.1 Å². The first kappa shape index (κ1) is 25.0. The number of para-hydroxylation sites is 1. The number of rotatable bonds is 12. The Labute approximate surface area is 197 Å². The van der Waals surface area contributed by atoms with Gasteiger partial charge in [0.25, 0.3) is 0 Å². The number of ether oxygens (including phenoxy) is 2. The van der Waals surface area contributed by atoms with Crippen LogP contribution in [0.1, 0.15) is 12.0 Å². The van der Waals surface area contributed by atoms with Crippen LogP contribution in [-0.2, 0) is 6.54 Å². The Morgan fingerprint density at radius 2 is 2.06 bits per heavy atom. The minimum absolute atomic E-state index is 0. The highest BCUT2D eigenvalue weighted by atomic mass is 35.5. The van der Waals surface area contributed by atoms with Gasteiger partial charge >= 0.3 is 0 Å². The first-order valence-electron chi connectivity index (χ1n) is 9.50. The van der Waals surface area contributed by atoms with Crippen LogP contribution >= 0.6 is 35.8 Å². The summed E-state index contributed by atoms with van der Waals surface area (Å²) in [4.78, 5) is 0. The molecule has 0 spiro atoms. The summed E-state index contributed by atoms with van der Waals surface area (Å²) in [5, 5.41) is 16.7. The molecule has 0 aliphatic carbocycles. The molecule has 31 heavy (non-hydrogen) atoms. The van der Waals surface area contributed by atoms with Gasteiger partial charge in [-0.1, -0.05) is 54.2 Å².